The van der Waals surface area contributed by atoms with Crippen LogP contribution in [0.1, 0.15) is 34.1 Å². The number of hydrogen-bond donors (Lipinski definition) is 0. The van der Waals surface area contributed by atoms with Crippen molar-refractivity contribution in [2.75, 3.05) is 0 Å². The summed E-state index contributed by atoms with van der Waals surface area (Å²) in [5.74, 6) is 0.268. The Morgan fingerprint density at radius 3 is 2.10 bits per heavy atom. The molecule has 2 aromatic carbocycles. The maximum atomic E-state index is 12.7. The van der Waals surface area contributed by atoms with E-state index in [0.717, 1.165) is 17.2 Å². The van der Waals surface area contributed by atoms with Gasteiger partial charge in [0.25, 0.3) is 0 Å². The van der Waals surface area contributed by atoms with Crippen molar-refractivity contribution in [2.24, 2.45) is 5.92 Å². The Bertz CT molecular complexity index is 868. The molecular formula is C19H14O2. The Kier molecular flexibility index (Phi) is 2.49. The molecule has 0 bridgehead atoms. The van der Waals surface area contributed by atoms with Crippen LogP contribution < -0.4 is 0 Å². The Balaban J connectivity index is 2.02. The van der Waals surface area contributed by atoms with Crippen LogP contribution in [0.5, 0.6) is 0 Å². The first-order valence-electron chi connectivity index (χ1n) is 7.19. The minimum absolute atomic E-state index is 0.0199. The molecule has 2 heteroatoms. The second kappa shape index (κ2) is 4.26. The first-order chi connectivity index (χ1) is 10.1. The van der Waals surface area contributed by atoms with E-state index in [1.54, 1.807) is 0 Å². The number of rotatable bonds is 0. The van der Waals surface area contributed by atoms with Crippen LogP contribution in [0.2, 0.25) is 0 Å². The average Bonchev–Trinajstić information content (AvgIpc) is 2.51. The third-order valence-corrected chi connectivity index (χ3v) is 4.30. The van der Waals surface area contributed by atoms with Crippen molar-refractivity contribution in [1.29, 1.82) is 0 Å². The highest BCUT2D eigenvalue weighted by Crippen LogP contribution is 2.35. The molecule has 0 saturated heterocycles. The summed E-state index contributed by atoms with van der Waals surface area (Å²) in [5, 5.41) is 1.99. The maximum absolute atomic E-state index is 12.7. The molecule has 0 saturated carbocycles. The minimum Gasteiger partial charge on any atom is -0.289 e. The van der Waals surface area contributed by atoms with E-state index in [9.17, 15) is 9.59 Å². The number of fused-ring (bicyclic) bond motifs is 3. The molecule has 0 fully saturated rings. The van der Waals surface area contributed by atoms with Crippen molar-refractivity contribution < 1.29 is 9.59 Å². The van der Waals surface area contributed by atoms with E-state index in [4.69, 9.17) is 0 Å². The molecule has 102 valence electrons. The van der Waals surface area contributed by atoms with Crippen LogP contribution in [0.4, 0.5) is 0 Å². The number of Topliss-reactive ketones (excluding diaryl/α,β-unsaturated/α-hetero) is 2. The SMILES string of the molecule is CC1C=C2C(=O)c3cc4ccccc4cc3C(=O)C2=CC1. The molecule has 0 amide bonds. The van der Waals surface area contributed by atoms with E-state index in [1.807, 2.05) is 48.6 Å². The molecule has 2 aliphatic rings. The molecule has 0 aliphatic heterocycles. The highest BCUT2D eigenvalue weighted by molar-refractivity contribution is 6.32. The second-order valence-electron chi connectivity index (χ2n) is 5.81. The lowest BCUT2D eigenvalue weighted by atomic mass is 9.77. The first kappa shape index (κ1) is 12.3. The van der Waals surface area contributed by atoms with Gasteiger partial charge < -0.3 is 0 Å². The van der Waals surface area contributed by atoms with Crippen LogP contribution in [0, 0.1) is 5.92 Å². The van der Waals surface area contributed by atoms with Crippen molar-refractivity contribution in [3.05, 3.63) is 70.8 Å². The molecule has 21 heavy (non-hydrogen) atoms. The van der Waals surface area contributed by atoms with Gasteiger partial charge >= 0.3 is 0 Å². The summed E-state index contributed by atoms with van der Waals surface area (Å²) < 4.78 is 0. The van der Waals surface area contributed by atoms with Gasteiger partial charge in [-0.25, -0.2) is 0 Å². The fourth-order valence-corrected chi connectivity index (χ4v) is 3.18. The molecule has 2 aromatic rings. The number of hydrogen-bond acceptors (Lipinski definition) is 2. The summed E-state index contributed by atoms with van der Waals surface area (Å²) in [6.07, 6.45) is 4.67. The van der Waals surface area contributed by atoms with E-state index in [1.165, 1.54) is 0 Å². The van der Waals surface area contributed by atoms with Crippen molar-refractivity contribution in [3.63, 3.8) is 0 Å². The molecule has 0 spiro atoms. The van der Waals surface area contributed by atoms with Crippen molar-refractivity contribution in [1.82, 2.24) is 0 Å². The normalized spacial score (nSPS) is 20.7. The van der Waals surface area contributed by atoms with Gasteiger partial charge in [0, 0.05) is 22.3 Å². The smallest absolute Gasteiger partial charge is 0.194 e. The van der Waals surface area contributed by atoms with Gasteiger partial charge in [-0.05, 0) is 35.2 Å². The lowest BCUT2D eigenvalue weighted by Gasteiger charge is -2.24. The Morgan fingerprint density at radius 1 is 0.905 bits per heavy atom. The van der Waals surface area contributed by atoms with E-state index in [0.29, 0.717) is 28.2 Å². The average molecular weight is 274 g/mol. The van der Waals surface area contributed by atoms with Gasteiger partial charge in [-0.2, -0.15) is 0 Å². The number of benzene rings is 2. The zero-order valence-electron chi connectivity index (χ0n) is 11.7. The van der Waals surface area contributed by atoms with Crippen LogP contribution >= 0.6 is 0 Å². The lowest BCUT2D eigenvalue weighted by Crippen LogP contribution is -2.25. The van der Waals surface area contributed by atoms with Crippen molar-refractivity contribution in [2.45, 2.75) is 13.3 Å². The summed E-state index contributed by atoms with van der Waals surface area (Å²) in [6.45, 7) is 2.06. The number of ketones is 2. The van der Waals surface area contributed by atoms with E-state index >= 15 is 0 Å². The molecule has 0 aromatic heterocycles. The third-order valence-electron chi connectivity index (χ3n) is 4.30. The topological polar surface area (TPSA) is 34.1 Å². The highest BCUT2D eigenvalue weighted by Gasteiger charge is 2.34. The minimum atomic E-state index is -0.0202. The van der Waals surface area contributed by atoms with E-state index in [-0.39, 0.29) is 11.6 Å². The number of carbonyl (C=O) groups is 2. The largest absolute Gasteiger partial charge is 0.289 e. The zero-order valence-corrected chi connectivity index (χ0v) is 11.7. The van der Waals surface area contributed by atoms with Gasteiger partial charge in [-0.1, -0.05) is 43.3 Å². The highest BCUT2D eigenvalue weighted by atomic mass is 16.1. The number of carbonyl (C=O) groups excluding carboxylic acids is 2. The van der Waals surface area contributed by atoms with Crippen molar-refractivity contribution >= 4 is 22.3 Å². The maximum Gasteiger partial charge on any atom is 0.194 e. The Labute approximate surface area is 122 Å². The molecule has 2 nitrogen and oxygen atoms in total. The first-order valence-corrected chi connectivity index (χ1v) is 7.19. The lowest BCUT2D eigenvalue weighted by molar-refractivity contribution is 0.0971. The van der Waals surface area contributed by atoms with Crippen molar-refractivity contribution in [3.8, 4) is 0 Å². The van der Waals surface area contributed by atoms with Crippen LogP contribution in [-0.4, -0.2) is 11.6 Å². The molecule has 1 unspecified atom stereocenters. The fourth-order valence-electron chi connectivity index (χ4n) is 3.18. The van der Waals surface area contributed by atoms with Crippen LogP contribution in [-0.2, 0) is 0 Å². The molecular weight excluding hydrogens is 260 g/mol. The molecule has 4 rings (SSSR count). The summed E-state index contributed by atoms with van der Waals surface area (Å²) in [6, 6.07) is 11.5. The summed E-state index contributed by atoms with van der Waals surface area (Å²) in [4.78, 5) is 25.4. The van der Waals surface area contributed by atoms with E-state index in [2.05, 4.69) is 6.92 Å². The number of allylic oxidation sites excluding steroid dienone is 4. The molecule has 0 heterocycles. The van der Waals surface area contributed by atoms with Gasteiger partial charge in [-0.3, -0.25) is 9.59 Å². The van der Waals surface area contributed by atoms with Gasteiger partial charge in [0.15, 0.2) is 11.6 Å². The van der Waals surface area contributed by atoms with Crippen LogP contribution in [0.3, 0.4) is 0 Å². The fraction of sp³-hybridized carbons (Fsp3) is 0.158. The van der Waals surface area contributed by atoms with Crippen LogP contribution in [0.25, 0.3) is 10.8 Å². The summed E-state index contributed by atoms with van der Waals surface area (Å²) in [5.41, 5.74) is 2.25. The van der Waals surface area contributed by atoms with E-state index < -0.39 is 0 Å². The van der Waals surface area contributed by atoms with Gasteiger partial charge in [0.2, 0.25) is 0 Å². The third kappa shape index (κ3) is 1.72. The summed E-state index contributed by atoms with van der Waals surface area (Å²) >= 11 is 0. The predicted molar refractivity (Wildman–Crippen MR) is 82.6 cm³/mol. The summed E-state index contributed by atoms with van der Waals surface area (Å²) in [7, 11) is 0. The molecule has 2 aliphatic carbocycles. The monoisotopic (exact) mass is 274 g/mol. The molecule has 0 radical (unpaired) electrons. The van der Waals surface area contributed by atoms with Gasteiger partial charge in [0.1, 0.15) is 0 Å². The molecule has 1 atom stereocenters. The van der Waals surface area contributed by atoms with Crippen LogP contribution in [0.15, 0.2) is 59.7 Å². The standard InChI is InChI=1S/C19H14O2/c1-11-6-7-14-15(8-11)19(21)17-10-13-5-3-2-4-12(13)9-16(17)18(14)20/h2-5,7-11H,6H2,1H3. The van der Waals surface area contributed by atoms with Gasteiger partial charge in [-0.15, -0.1) is 0 Å². The Hall–Kier alpha value is -2.48. The predicted octanol–water partition coefficient (Wildman–Crippen LogP) is 4.11. The Morgan fingerprint density at radius 2 is 1.48 bits per heavy atom. The zero-order chi connectivity index (χ0) is 14.6. The quantitative estimate of drug-likeness (QED) is 0.724. The molecule has 0 N–H and O–H groups in total. The van der Waals surface area contributed by atoms with Gasteiger partial charge in [0.05, 0.1) is 0 Å². The second-order valence-corrected chi connectivity index (χ2v) is 5.81.